The summed E-state index contributed by atoms with van der Waals surface area (Å²) < 4.78 is 2.80. The van der Waals surface area contributed by atoms with E-state index in [0.717, 1.165) is 20.5 Å². The largest absolute Gasteiger partial charge is 0.392 e. The predicted molar refractivity (Wildman–Crippen MR) is 64.7 cm³/mol. The monoisotopic (exact) mass is 315 g/mol. The second kappa shape index (κ2) is 4.28. The van der Waals surface area contributed by atoms with Gasteiger partial charge in [-0.15, -0.1) is 0 Å². The molecule has 0 fully saturated rings. The summed E-state index contributed by atoms with van der Waals surface area (Å²) >= 11 is 2.20. The zero-order valence-corrected chi connectivity index (χ0v) is 10.3. The zero-order chi connectivity index (χ0) is 10.8. The van der Waals surface area contributed by atoms with Gasteiger partial charge in [-0.1, -0.05) is 0 Å². The minimum absolute atomic E-state index is 0.0186. The van der Waals surface area contributed by atoms with Crippen LogP contribution in [0.1, 0.15) is 11.1 Å². The van der Waals surface area contributed by atoms with Gasteiger partial charge in [0.1, 0.15) is 0 Å². The Labute approximate surface area is 101 Å². The van der Waals surface area contributed by atoms with E-state index in [1.54, 1.807) is 17.1 Å². The molecule has 5 heteroatoms. The fourth-order valence-electron chi connectivity index (χ4n) is 1.37. The van der Waals surface area contributed by atoms with E-state index in [2.05, 4.69) is 32.7 Å². The Kier molecular flexibility index (Phi) is 3.01. The highest BCUT2D eigenvalue weighted by Gasteiger charge is 2.04. The van der Waals surface area contributed by atoms with Gasteiger partial charge in [0.15, 0.2) is 5.82 Å². The Hall–Kier alpha value is -0.950. The lowest BCUT2D eigenvalue weighted by Gasteiger charge is -2.05. The van der Waals surface area contributed by atoms with Crippen molar-refractivity contribution in [2.75, 3.05) is 0 Å². The highest BCUT2D eigenvalue weighted by molar-refractivity contribution is 14.1. The molecule has 0 aliphatic carbocycles. The SMILES string of the molecule is Cc1cc(CO)cnc1-n1cc(I)cn1. The van der Waals surface area contributed by atoms with E-state index in [1.165, 1.54) is 0 Å². The van der Waals surface area contributed by atoms with E-state index in [9.17, 15) is 0 Å². The summed E-state index contributed by atoms with van der Waals surface area (Å²) in [7, 11) is 0. The van der Waals surface area contributed by atoms with Crippen LogP contribution in [0.15, 0.2) is 24.7 Å². The highest BCUT2D eigenvalue weighted by Crippen LogP contribution is 2.13. The summed E-state index contributed by atoms with van der Waals surface area (Å²) in [5, 5.41) is 13.2. The molecule has 0 spiro atoms. The van der Waals surface area contributed by atoms with Gasteiger partial charge in [0.25, 0.3) is 0 Å². The predicted octanol–water partition coefficient (Wildman–Crippen LogP) is 1.67. The first-order valence-electron chi connectivity index (χ1n) is 4.47. The van der Waals surface area contributed by atoms with Crippen LogP contribution in [-0.4, -0.2) is 19.9 Å². The van der Waals surface area contributed by atoms with Crippen molar-refractivity contribution >= 4 is 22.6 Å². The van der Waals surface area contributed by atoms with Crippen molar-refractivity contribution in [3.8, 4) is 5.82 Å². The number of aliphatic hydroxyl groups excluding tert-OH is 1. The molecule has 78 valence electrons. The molecule has 0 bridgehead atoms. The smallest absolute Gasteiger partial charge is 0.156 e. The second-order valence-corrected chi connectivity index (χ2v) is 4.49. The molecular weight excluding hydrogens is 305 g/mol. The number of rotatable bonds is 2. The molecule has 2 heterocycles. The fourth-order valence-corrected chi connectivity index (χ4v) is 1.76. The molecule has 0 atom stereocenters. The number of hydrogen-bond acceptors (Lipinski definition) is 3. The summed E-state index contributed by atoms with van der Waals surface area (Å²) in [6.07, 6.45) is 5.35. The maximum atomic E-state index is 8.96. The third-order valence-corrected chi connectivity index (χ3v) is 2.61. The number of hydrogen-bond donors (Lipinski definition) is 1. The molecule has 0 saturated carbocycles. The van der Waals surface area contributed by atoms with Gasteiger partial charge in [-0.2, -0.15) is 5.10 Å². The van der Waals surface area contributed by atoms with E-state index in [0.29, 0.717) is 0 Å². The van der Waals surface area contributed by atoms with Gasteiger partial charge in [-0.25, -0.2) is 9.67 Å². The molecule has 0 aliphatic heterocycles. The first kappa shape index (κ1) is 10.6. The molecule has 0 amide bonds. The van der Waals surface area contributed by atoms with Gasteiger partial charge in [0.2, 0.25) is 0 Å². The molecule has 0 saturated heterocycles. The Bertz CT molecular complexity index is 481. The lowest BCUT2D eigenvalue weighted by Crippen LogP contribution is -2.01. The van der Waals surface area contributed by atoms with Crippen LogP contribution in [0.3, 0.4) is 0 Å². The van der Waals surface area contributed by atoms with E-state index in [4.69, 9.17) is 5.11 Å². The van der Waals surface area contributed by atoms with E-state index in [-0.39, 0.29) is 6.61 Å². The Morgan fingerprint density at radius 2 is 2.27 bits per heavy atom. The molecule has 2 aromatic heterocycles. The van der Waals surface area contributed by atoms with Crippen molar-refractivity contribution < 1.29 is 5.11 Å². The van der Waals surface area contributed by atoms with Crippen LogP contribution in [0, 0.1) is 10.5 Å². The lowest BCUT2D eigenvalue weighted by atomic mass is 10.2. The minimum atomic E-state index is 0.0186. The van der Waals surface area contributed by atoms with Gasteiger partial charge in [-0.05, 0) is 46.7 Å². The average Bonchev–Trinajstić information content (AvgIpc) is 2.64. The Morgan fingerprint density at radius 3 is 2.80 bits per heavy atom. The van der Waals surface area contributed by atoms with E-state index in [1.807, 2.05) is 19.2 Å². The van der Waals surface area contributed by atoms with Crippen molar-refractivity contribution in [2.24, 2.45) is 0 Å². The van der Waals surface area contributed by atoms with Gasteiger partial charge in [0.05, 0.1) is 16.4 Å². The summed E-state index contributed by atoms with van der Waals surface area (Å²) in [5.41, 5.74) is 1.82. The minimum Gasteiger partial charge on any atom is -0.392 e. The van der Waals surface area contributed by atoms with Crippen molar-refractivity contribution in [3.05, 3.63) is 39.4 Å². The van der Waals surface area contributed by atoms with Crippen molar-refractivity contribution in [3.63, 3.8) is 0 Å². The van der Waals surface area contributed by atoms with Gasteiger partial charge in [-0.3, -0.25) is 0 Å². The molecule has 2 aromatic rings. The van der Waals surface area contributed by atoms with Crippen LogP contribution in [0.2, 0.25) is 0 Å². The summed E-state index contributed by atoms with van der Waals surface area (Å²) in [6.45, 7) is 1.97. The van der Waals surface area contributed by atoms with Crippen LogP contribution < -0.4 is 0 Å². The molecule has 4 nitrogen and oxygen atoms in total. The normalized spacial score (nSPS) is 10.6. The van der Waals surface area contributed by atoms with Gasteiger partial charge >= 0.3 is 0 Å². The number of aliphatic hydroxyl groups is 1. The van der Waals surface area contributed by atoms with Crippen LogP contribution in [0.4, 0.5) is 0 Å². The molecule has 2 rings (SSSR count). The quantitative estimate of drug-likeness (QED) is 0.858. The zero-order valence-electron chi connectivity index (χ0n) is 8.18. The van der Waals surface area contributed by atoms with Crippen LogP contribution >= 0.6 is 22.6 Å². The molecular formula is C10H10IN3O. The summed E-state index contributed by atoms with van der Waals surface area (Å²) in [5.74, 6) is 0.801. The van der Waals surface area contributed by atoms with Crippen molar-refractivity contribution in [1.29, 1.82) is 0 Å². The van der Waals surface area contributed by atoms with E-state index < -0.39 is 0 Å². The first-order valence-corrected chi connectivity index (χ1v) is 5.55. The Morgan fingerprint density at radius 1 is 1.47 bits per heavy atom. The third-order valence-electron chi connectivity index (χ3n) is 2.06. The molecule has 0 aromatic carbocycles. The fraction of sp³-hybridized carbons (Fsp3) is 0.200. The van der Waals surface area contributed by atoms with Crippen molar-refractivity contribution in [1.82, 2.24) is 14.8 Å². The van der Waals surface area contributed by atoms with Gasteiger partial charge in [0, 0.05) is 12.4 Å². The van der Waals surface area contributed by atoms with E-state index >= 15 is 0 Å². The van der Waals surface area contributed by atoms with Crippen LogP contribution in [0.5, 0.6) is 0 Å². The number of nitrogens with zero attached hydrogens (tertiary/aromatic N) is 3. The molecule has 1 N–H and O–H groups in total. The molecule has 0 radical (unpaired) electrons. The topological polar surface area (TPSA) is 50.9 Å². The summed E-state index contributed by atoms with van der Waals surface area (Å²) in [6, 6.07) is 1.91. The van der Waals surface area contributed by atoms with Crippen molar-refractivity contribution in [2.45, 2.75) is 13.5 Å². The van der Waals surface area contributed by atoms with Gasteiger partial charge < -0.3 is 5.11 Å². The average molecular weight is 315 g/mol. The lowest BCUT2D eigenvalue weighted by molar-refractivity contribution is 0.281. The number of aromatic nitrogens is 3. The maximum Gasteiger partial charge on any atom is 0.156 e. The third kappa shape index (κ3) is 2.18. The van der Waals surface area contributed by atoms with Crippen LogP contribution in [0.25, 0.3) is 5.82 Å². The molecule has 15 heavy (non-hydrogen) atoms. The number of halogens is 1. The highest BCUT2D eigenvalue weighted by atomic mass is 127. The number of aryl methyl sites for hydroxylation is 1. The standard InChI is InChI=1S/C10H10IN3O/c1-7-2-8(6-15)3-12-10(7)14-5-9(11)4-13-14/h2-5,15H,6H2,1H3. The number of pyridine rings is 1. The second-order valence-electron chi connectivity index (χ2n) is 3.25. The Balaban J connectivity index is 2.45. The maximum absolute atomic E-state index is 8.96. The summed E-state index contributed by atoms with van der Waals surface area (Å²) in [4.78, 5) is 4.27. The molecule has 0 unspecified atom stereocenters. The molecule has 0 aliphatic rings. The van der Waals surface area contributed by atoms with Crippen LogP contribution in [-0.2, 0) is 6.61 Å². The first-order chi connectivity index (χ1) is 7.20.